The minimum atomic E-state index is -1.06. The van der Waals surface area contributed by atoms with E-state index < -0.39 is 17.6 Å². The second-order valence-corrected chi connectivity index (χ2v) is 10.3. The number of esters is 1. The van der Waals surface area contributed by atoms with Crippen LogP contribution in [0.1, 0.15) is 47.9 Å². The zero-order valence-corrected chi connectivity index (χ0v) is 22.8. The second-order valence-electron chi connectivity index (χ2n) is 10.3. The van der Waals surface area contributed by atoms with Crippen molar-refractivity contribution in [2.75, 3.05) is 12.4 Å². The molecule has 4 rings (SSSR count). The number of hydrogen-bond donors (Lipinski definition) is 2. The van der Waals surface area contributed by atoms with E-state index in [9.17, 15) is 14.4 Å². The molecule has 2 N–H and O–H groups in total. The van der Waals surface area contributed by atoms with Crippen LogP contribution in [0.5, 0.6) is 5.75 Å². The smallest absolute Gasteiger partial charge is 0.328 e. The Balaban J connectivity index is 1.41. The summed E-state index contributed by atoms with van der Waals surface area (Å²) in [6, 6.07) is 21.9. The van der Waals surface area contributed by atoms with Crippen LogP contribution in [-0.2, 0) is 32.0 Å². The monoisotopic (exact) mass is 528 g/mol. The third-order valence-corrected chi connectivity index (χ3v) is 7.01. The number of aryl methyl sites for hydroxylation is 2. The molecule has 1 aliphatic carbocycles. The number of nitrogens with one attached hydrogen (secondary N) is 2. The highest BCUT2D eigenvalue weighted by atomic mass is 16.5. The normalized spacial score (nSPS) is 14.7. The first-order valence-electron chi connectivity index (χ1n) is 13.4. The zero-order chi connectivity index (χ0) is 27.8. The highest BCUT2D eigenvalue weighted by Crippen LogP contribution is 2.35. The van der Waals surface area contributed by atoms with Crippen LogP contribution in [-0.4, -0.2) is 36.5 Å². The summed E-state index contributed by atoms with van der Waals surface area (Å²) in [7, 11) is 1.32. The van der Waals surface area contributed by atoms with Crippen LogP contribution in [0.15, 0.2) is 72.8 Å². The molecular formula is C32H36N2O5. The van der Waals surface area contributed by atoms with Crippen molar-refractivity contribution in [3.63, 3.8) is 0 Å². The lowest BCUT2D eigenvalue weighted by Crippen LogP contribution is -2.54. The summed E-state index contributed by atoms with van der Waals surface area (Å²) in [6.45, 7) is 4.00. The summed E-state index contributed by atoms with van der Waals surface area (Å²) in [5, 5.41) is 5.85. The van der Waals surface area contributed by atoms with Crippen molar-refractivity contribution in [3.8, 4) is 5.75 Å². The number of methoxy groups -OCH3 is 1. The third kappa shape index (κ3) is 7.47. The lowest BCUT2D eigenvalue weighted by atomic mass is 9.98. The molecule has 0 bridgehead atoms. The van der Waals surface area contributed by atoms with Gasteiger partial charge in [0.2, 0.25) is 5.91 Å². The molecule has 3 aromatic rings. The zero-order valence-electron chi connectivity index (χ0n) is 22.8. The maximum atomic E-state index is 13.5. The van der Waals surface area contributed by atoms with Crippen LogP contribution in [0.4, 0.5) is 5.69 Å². The van der Waals surface area contributed by atoms with Crippen molar-refractivity contribution in [2.45, 2.75) is 64.0 Å². The van der Waals surface area contributed by atoms with E-state index >= 15 is 0 Å². The fraction of sp³-hybridized carbons (Fsp3) is 0.344. The molecular weight excluding hydrogens is 492 g/mol. The van der Waals surface area contributed by atoms with E-state index in [-0.39, 0.29) is 18.2 Å². The van der Waals surface area contributed by atoms with E-state index in [1.54, 1.807) is 12.1 Å². The van der Waals surface area contributed by atoms with Gasteiger partial charge in [0.25, 0.3) is 5.91 Å². The van der Waals surface area contributed by atoms with E-state index in [0.717, 1.165) is 40.8 Å². The molecule has 0 unspecified atom stereocenters. The third-order valence-electron chi connectivity index (χ3n) is 7.01. The molecule has 1 atom stereocenters. The quantitative estimate of drug-likeness (QED) is 0.358. The van der Waals surface area contributed by atoms with Crippen LogP contribution < -0.4 is 15.4 Å². The standard InChI is InChI=1S/C32H36N2O5/c1-22-17-23(2)19-26(18-22)33-29(35)21-25-11-13-27(14-12-25)39-32(15-7-8-16-32)31(37)34-28(30(36)38-3)20-24-9-5-4-6-10-24/h4-6,9-14,17-19,28H,7-8,15-16,20-21H2,1-3H3,(H,33,35)(H,34,37)/t28-/m1/s1. The Morgan fingerprint density at radius 3 is 2.13 bits per heavy atom. The Hall–Kier alpha value is -4.13. The van der Waals surface area contributed by atoms with Crippen molar-refractivity contribution in [2.24, 2.45) is 0 Å². The van der Waals surface area contributed by atoms with Crippen molar-refractivity contribution in [1.82, 2.24) is 5.32 Å². The lowest BCUT2D eigenvalue weighted by Gasteiger charge is -2.30. The van der Waals surface area contributed by atoms with Gasteiger partial charge in [-0.1, -0.05) is 48.5 Å². The average molecular weight is 529 g/mol. The summed E-state index contributed by atoms with van der Waals surface area (Å²) >= 11 is 0. The number of anilines is 1. The van der Waals surface area contributed by atoms with Gasteiger partial charge in [-0.3, -0.25) is 9.59 Å². The number of ether oxygens (including phenoxy) is 2. The van der Waals surface area contributed by atoms with Crippen molar-refractivity contribution >= 4 is 23.5 Å². The molecule has 1 aliphatic rings. The number of rotatable bonds is 10. The minimum absolute atomic E-state index is 0.104. The largest absolute Gasteiger partial charge is 0.477 e. The molecule has 7 heteroatoms. The highest BCUT2D eigenvalue weighted by Gasteiger charge is 2.45. The molecule has 0 saturated heterocycles. The fourth-order valence-electron chi connectivity index (χ4n) is 5.14. The molecule has 0 aliphatic heterocycles. The SMILES string of the molecule is COC(=O)[C@@H](Cc1ccccc1)NC(=O)C1(Oc2ccc(CC(=O)Nc3cc(C)cc(C)c3)cc2)CCCC1. The Kier molecular flexibility index (Phi) is 9.02. The van der Waals surface area contributed by atoms with E-state index in [4.69, 9.17) is 9.47 Å². The van der Waals surface area contributed by atoms with Gasteiger partial charge in [-0.15, -0.1) is 0 Å². The maximum absolute atomic E-state index is 13.5. The number of benzene rings is 3. The number of amides is 2. The van der Waals surface area contributed by atoms with Crippen LogP contribution in [0.25, 0.3) is 0 Å². The molecule has 39 heavy (non-hydrogen) atoms. The molecule has 2 amide bonds. The van der Waals surface area contributed by atoms with Crippen molar-refractivity contribution in [3.05, 3.63) is 95.1 Å². The molecule has 0 spiro atoms. The summed E-state index contributed by atoms with van der Waals surface area (Å²) in [5.74, 6) is -0.372. The first kappa shape index (κ1) is 27.9. The summed E-state index contributed by atoms with van der Waals surface area (Å²) < 4.78 is 11.3. The van der Waals surface area contributed by atoms with Crippen molar-refractivity contribution in [1.29, 1.82) is 0 Å². The van der Waals surface area contributed by atoms with Crippen LogP contribution in [0.3, 0.4) is 0 Å². The summed E-state index contributed by atoms with van der Waals surface area (Å²) in [5.41, 5.74) is 3.66. The molecule has 7 nitrogen and oxygen atoms in total. The average Bonchev–Trinajstić information content (AvgIpc) is 3.38. The number of carbonyl (C=O) groups excluding carboxylic acids is 3. The van der Waals surface area contributed by atoms with Crippen LogP contribution in [0, 0.1) is 13.8 Å². The van der Waals surface area contributed by atoms with E-state index in [0.29, 0.717) is 25.0 Å². The number of hydrogen-bond acceptors (Lipinski definition) is 5. The van der Waals surface area contributed by atoms with Gasteiger partial charge >= 0.3 is 5.97 Å². The first-order valence-corrected chi connectivity index (χ1v) is 13.4. The summed E-state index contributed by atoms with van der Waals surface area (Å²) in [4.78, 5) is 38.6. The fourth-order valence-corrected chi connectivity index (χ4v) is 5.14. The Labute approximate surface area is 229 Å². The lowest BCUT2D eigenvalue weighted by molar-refractivity contribution is -0.148. The van der Waals surface area contributed by atoms with Gasteiger partial charge in [-0.2, -0.15) is 0 Å². The van der Waals surface area contributed by atoms with Gasteiger partial charge in [-0.05, 0) is 86.1 Å². The molecule has 3 aromatic carbocycles. The minimum Gasteiger partial charge on any atom is -0.477 e. The van der Waals surface area contributed by atoms with E-state index in [1.807, 2.05) is 68.4 Å². The molecule has 0 radical (unpaired) electrons. The van der Waals surface area contributed by atoms with E-state index in [1.165, 1.54) is 7.11 Å². The number of carbonyl (C=O) groups is 3. The predicted octanol–water partition coefficient (Wildman–Crippen LogP) is 5.08. The predicted molar refractivity (Wildman–Crippen MR) is 151 cm³/mol. The maximum Gasteiger partial charge on any atom is 0.328 e. The van der Waals surface area contributed by atoms with Gasteiger partial charge in [0, 0.05) is 12.1 Å². The van der Waals surface area contributed by atoms with Gasteiger partial charge in [-0.25, -0.2) is 4.79 Å². The molecule has 0 heterocycles. The molecule has 0 aromatic heterocycles. The van der Waals surface area contributed by atoms with Crippen molar-refractivity contribution < 1.29 is 23.9 Å². The molecule has 1 saturated carbocycles. The van der Waals surface area contributed by atoms with Gasteiger partial charge in [0.15, 0.2) is 5.60 Å². The Morgan fingerprint density at radius 2 is 1.51 bits per heavy atom. The Bertz CT molecular complexity index is 1280. The highest BCUT2D eigenvalue weighted by molar-refractivity contribution is 5.92. The molecule has 204 valence electrons. The summed E-state index contributed by atoms with van der Waals surface area (Å²) in [6.07, 6.45) is 3.36. The Morgan fingerprint density at radius 1 is 0.872 bits per heavy atom. The van der Waals surface area contributed by atoms with Crippen LogP contribution in [0.2, 0.25) is 0 Å². The second kappa shape index (κ2) is 12.6. The molecule has 1 fully saturated rings. The van der Waals surface area contributed by atoms with Gasteiger partial charge in [0.05, 0.1) is 13.5 Å². The van der Waals surface area contributed by atoms with E-state index in [2.05, 4.69) is 16.7 Å². The van der Waals surface area contributed by atoms with Gasteiger partial charge < -0.3 is 20.1 Å². The van der Waals surface area contributed by atoms with Crippen LogP contribution >= 0.6 is 0 Å². The van der Waals surface area contributed by atoms with Gasteiger partial charge in [0.1, 0.15) is 11.8 Å². The topological polar surface area (TPSA) is 93.7 Å². The first-order chi connectivity index (χ1) is 18.8.